The largest absolute Gasteiger partial charge is 0.478 e. The van der Waals surface area contributed by atoms with Gasteiger partial charge in [0.25, 0.3) is 0 Å². The molecule has 0 aliphatic carbocycles. The van der Waals surface area contributed by atoms with Crippen molar-refractivity contribution in [2.45, 2.75) is 31.8 Å². The maximum atomic E-state index is 12.7. The first kappa shape index (κ1) is 19.7. The average molecular weight is 400 g/mol. The number of benzene rings is 2. The van der Waals surface area contributed by atoms with Crippen molar-refractivity contribution in [3.8, 4) is 5.88 Å². The quantitative estimate of drug-likeness (QED) is 0.453. The number of ether oxygens (including phenoxy) is 1. The molecular weight excluding hydrogens is 376 g/mol. The highest BCUT2D eigenvalue weighted by Gasteiger charge is 2.47. The summed E-state index contributed by atoms with van der Waals surface area (Å²) in [6, 6.07) is 23.3. The van der Waals surface area contributed by atoms with Gasteiger partial charge in [0.2, 0.25) is 12.0 Å². The van der Waals surface area contributed by atoms with Crippen molar-refractivity contribution in [3.63, 3.8) is 0 Å². The van der Waals surface area contributed by atoms with E-state index in [0.29, 0.717) is 17.8 Å². The summed E-state index contributed by atoms with van der Waals surface area (Å²) < 4.78 is 6.25. The Morgan fingerprint density at radius 2 is 1.67 bits per heavy atom. The molecule has 152 valence electrons. The molecule has 5 nitrogen and oxygen atoms in total. The highest BCUT2D eigenvalue weighted by atomic mass is 16.5. The number of nitrogens with zero attached hydrogens (tertiary/aromatic N) is 1. The van der Waals surface area contributed by atoms with Crippen molar-refractivity contribution >= 4 is 16.9 Å². The van der Waals surface area contributed by atoms with E-state index >= 15 is 0 Å². The molecule has 0 fully saturated rings. The molecule has 0 saturated carbocycles. The molecule has 2 N–H and O–H groups in total. The fourth-order valence-electron chi connectivity index (χ4n) is 4.25. The normalized spacial score (nSPS) is 12.6. The standard InChI is InChI=1S/C25H24N2O3/c1-3-25(19-10-6-4-7-11-19,20-12-8-5-9-13-20)22(24(28)29)30-23-21-18(14-15-26-21)16-17(2)27-23/h4-16,22,26H,3H2,1-2H3,(H,28,29)/t22-/m0/s1. The number of carboxylic acids is 1. The molecule has 0 aliphatic rings. The summed E-state index contributed by atoms with van der Waals surface area (Å²) in [5, 5.41) is 11.3. The van der Waals surface area contributed by atoms with Gasteiger partial charge in [0, 0.05) is 17.3 Å². The number of hydrogen-bond donors (Lipinski definition) is 2. The summed E-state index contributed by atoms with van der Waals surface area (Å²) >= 11 is 0. The van der Waals surface area contributed by atoms with Crippen molar-refractivity contribution in [3.05, 3.63) is 95.8 Å². The molecule has 0 bridgehead atoms. The predicted molar refractivity (Wildman–Crippen MR) is 117 cm³/mol. The number of aliphatic carboxylic acids is 1. The summed E-state index contributed by atoms with van der Waals surface area (Å²) in [5.74, 6) is -0.736. The summed E-state index contributed by atoms with van der Waals surface area (Å²) in [6.45, 7) is 3.86. The van der Waals surface area contributed by atoms with E-state index in [1.54, 1.807) is 6.20 Å². The Kier molecular flexibility index (Phi) is 5.27. The number of carboxylic acid groups (broad SMARTS) is 1. The Morgan fingerprint density at radius 3 is 2.20 bits per heavy atom. The van der Waals surface area contributed by atoms with Gasteiger partial charge in [-0.05, 0) is 36.6 Å². The Balaban J connectivity index is 1.92. The van der Waals surface area contributed by atoms with Crippen LogP contribution in [0.15, 0.2) is 79.0 Å². The average Bonchev–Trinajstić information content (AvgIpc) is 3.24. The van der Waals surface area contributed by atoms with E-state index in [-0.39, 0.29) is 0 Å². The van der Waals surface area contributed by atoms with Crippen LogP contribution in [-0.2, 0) is 10.2 Å². The van der Waals surface area contributed by atoms with Crippen LogP contribution in [-0.4, -0.2) is 27.1 Å². The van der Waals surface area contributed by atoms with Crippen molar-refractivity contribution < 1.29 is 14.6 Å². The summed E-state index contributed by atoms with van der Waals surface area (Å²) in [6.07, 6.45) is 1.17. The van der Waals surface area contributed by atoms with E-state index in [9.17, 15) is 9.90 Å². The lowest BCUT2D eigenvalue weighted by atomic mass is 9.68. The van der Waals surface area contributed by atoms with Gasteiger partial charge >= 0.3 is 5.97 Å². The van der Waals surface area contributed by atoms with Crippen LogP contribution in [0.5, 0.6) is 5.88 Å². The number of hydrogen-bond acceptors (Lipinski definition) is 3. The van der Waals surface area contributed by atoms with Crippen molar-refractivity contribution in [2.24, 2.45) is 0 Å². The minimum Gasteiger partial charge on any atom is -0.478 e. The molecule has 2 heterocycles. The van der Waals surface area contributed by atoms with E-state index in [0.717, 1.165) is 22.2 Å². The molecule has 0 amide bonds. The lowest BCUT2D eigenvalue weighted by Gasteiger charge is -2.38. The van der Waals surface area contributed by atoms with Gasteiger partial charge in [-0.3, -0.25) is 0 Å². The van der Waals surface area contributed by atoms with Gasteiger partial charge in [-0.2, -0.15) is 0 Å². The molecule has 0 unspecified atom stereocenters. The number of fused-ring (bicyclic) bond motifs is 1. The van der Waals surface area contributed by atoms with E-state index in [4.69, 9.17) is 4.74 Å². The van der Waals surface area contributed by atoms with Gasteiger partial charge in [-0.25, -0.2) is 9.78 Å². The van der Waals surface area contributed by atoms with Crippen LogP contribution in [0.3, 0.4) is 0 Å². The molecule has 4 aromatic rings. The number of pyridine rings is 1. The fraction of sp³-hybridized carbons (Fsp3) is 0.200. The first-order valence-electron chi connectivity index (χ1n) is 10.0. The smallest absolute Gasteiger partial charge is 0.346 e. The molecule has 2 aromatic heterocycles. The highest BCUT2D eigenvalue weighted by molar-refractivity contribution is 5.85. The molecule has 2 aromatic carbocycles. The number of aromatic amines is 1. The Hall–Kier alpha value is -3.60. The fourth-order valence-corrected chi connectivity index (χ4v) is 4.25. The zero-order valence-electron chi connectivity index (χ0n) is 17.0. The zero-order chi connectivity index (χ0) is 21.1. The first-order chi connectivity index (χ1) is 14.6. The Morgan fingerprint density at radius 1 is 1.07 bits per heavy atom. The third-order valence-corrected chi connectivity index (χ3v) is 5.67. The minimum atomic E-state index is -1.17. The van der Waals surface area contributed by atoms with Crippen LogP contribution in [0.25, 0.3) is 10.9 Å². The molecule has 1 atom stereocenters. The van der Waals surface area contributed by atoms with Crippen LogP contribution in [0.2, 0.25) is 0 Å². The highest BCUT2D eigenvalue weighted by Crippen LogP contribution is 2.41. The second-order valence-corrected chi connectivity index (χ2v) is 7.40. The molecular formula is C25H24N2O3. The van der Waals surface area contributed by atoms with E-state index < -0.39 is 17.5 Å². The molecule has 0 radical (unpaired) electrons. The maximum Gasteiger partial charge on any atom is 0.346 e. The number of carbonyl (C=O) groups is 1. The Labute approximate surface area is 175 Å². The topological polar surface area (TPSA) is 75.2 Å². The molecule has 4 rings (SSSR count). The van der Waals surface area contributed by atoms with Gasteiger partial charge in [0.05, 0.1) is 5.41 Å². The Bertz CT molecular complexity index is 1110. The van der Waals surface area contributed by atoms with Crippen LogP contribution in [0.1, 0.15) is 30.2 Å². The second-order valence-electron chi connectivity index (χ2n) is 7.40. The third-order valence-electron chi connectivity index (χ3n) is 5.67. The van der Waals surface area contributed by atoms with Gasteiger partial charge in [-0.1, -0.05) is 67.6 Å². The van der Waals surface area contributed by atoms with Crippen LogP contribution >= 0.6 is 0 Å². The SMILES string of the molecule is CCC(c1ccccc1)(c1ccccc1)[C@@H](Oc1nc(C)cc2cc[nH]c12)C(=O)O. The van der Waals surface area contributed by atoms with Gasteiger partial charge in [-0.15, -0.1) is 0 Å². The molecule has 0 spiro atoms. The van der Waals surface area contributed by atoms with Crippen LogP contribution in [0.4, 0.5) is 0 Å². The molecule has 5 heteroatoms. The monoisotopic (exact) mass is 400 g/mol. The van der Waals surface area contributed by atoms with Crippen molar-refractivity contribution in [1.29, 1.82) is 0 Å². The molecule has 0 aliphatic heterocycles. The van der Waals surface area contributed by atoms with Gasteiger partial charge in [0.1, 0.15) is 5.52 Å². The second kappa shape index (κ2) is 8.03. The molecule has 0 saturated heterocycles. The first-order valence-corrected chi connectivity index (χ1v) is 10.0. The zero-order valence-corrected chi connectivity index (χ0v) is 17.0. The lowest BCUT2D eigenvalue weighted by molar-refractivity contribution is -0.148. The molecule has 30 heavy (non-hydrogen) atoms. The maximum absolute atomic E-state index is 12.7. The lowest BCUT2D eigenvalue weighted by Crippen LogP contribution is -2.49. The summed E-state index contributed by atoms with van der Waals surface area (Å²) in [7, 11) is 0. The number of rotatable bonds is 7. The number of nitrogens with one attached hydrogen (secondary N) is 1. The van der Waals surface area contributed by atoms with Crippen LogP contribution < -0.4 is 4.74 Å². The van der Waals surface area contributed by atoms with Crippen LogP contribution in [0, 0.1) is 6.92 Å². The summed E-state index contributed by atoms with van der Waals surface area (Å²) in [5.41, 5.74) is 2.35. The number of H-pyrrole nitrogens is 1. The van der Waals surface area contributed by atoms with E-state index in [1.165, 1.54) is 0 Å². The van der Waals surface area contributed by atoms with Gasteiger partial charge < -0.3 is 14.8 Å². The predicted octanol–water partition coefficient (Wildman–Crippen LogP) is 5.10. The summed E-state index contributed by atoms with van der Waals surface area (Å²) in [4.78, 5) is 20.3. The van der Waals surface area contributed by atoms with E-state index in [1.807, 2.05) is 86.6 Å². The van der Waals surface area contributed by atoms with E-state index in [2.05, 4.69) is 9.97 Å². The number of aromatic nitrogens is 2. The van der Waals surface area contributed by atoms with Gasteiger partial charge in [0.15, 0.2) is 0 Å². The minimum absolute atomic E-state index is 0.298. The van der Waals surface area contributed by atoms with Crippen molar-refractivity contribution in [1.82, 2.24) is 9.97 Å². The third kappa shape index (κ3) is 3.32. The number of aryl methyl sites for hydroxylation is 1. The van der Waals surface area contributed by atoms with Crippen molar-refractivity contribution in [2.75, 3.05) is 0 Å².